The summed E-state index contributed by atoms with van der Waals surface area (Å²) in [4.78, 5) is 14.0. The molecule has 2 heterocycles. The predicted octanol–water partition coefficient (Wildman–Crippen LogP) is 1.05. The van der Waals surface area contributed by atoms with Gasteiger partial charge in [-0.05, 0) is 23.8 Å². The highest BCUT2D eigenvalue weighted by Gasteiger charge is 2.13. The summed E-state index contributed by atoms with van der Waals surface area (Å²) in [6.45, 7) is 1.89. The molecule has 5 nitrogen and oxygen atoms in total. The van der Waals surface area contributed by atoms with E-state index in [2.05, 4.69) is 19.9 Å². The van der Waals surface area contributed by atoms with Crippen molar-refractivity contribution in [3.8, 4) is 0 Å². The first-order chi connectivity index (χ1) is 7.25. The molecule has 1 saturated heterocycles. The Kier molecular flexibility index (Phi) is 3.48. The predicted molar refractivity (Wildman–Crippen MR) is 63.4 cm³/mol. The molecule has 0 bridgehead atoms. The fourth-order valence-corrected chi connectivity index (χ4v) is 2.49. The number of hydrogen-bond acceptors (Lipinski definition) is 6. The van der Waals surface area contributed by atoms with Crippen molar-refractivity contribution in [2.45, 2.75) is 6.42 Å². The van der Waals surface area contributed by atoms with Crippen LogP contribution in [0.4, 0.5) is 11.9 Å². The number of aromatic nitrogens is 3. The Hall–Kier alpha value is -0.750. The Morgan fingerprint density at radius 3 is 2.87 bits per heavy atom. The van der Waals surface area contributed by atoms with Crippen LogP contribution in [0.3, 0.4) is 0 Å². The van der Waals surface area contributed by atoms with Gasteiger partial charge in [-0.3, -0.25) is 0 Å². The maximum atomic E-state index is 5.74. The fraction of sp³-hybridized carbons (Fsp3) is 0.625. The van der Waals surface area contributed by atoms with E-state index in [1.54, 1.807) is 0 Å². The van der Waals surface area contributed by atoms with Crippen molar-refractivity contribution >= 4 is 35.3 Å². The van der Waals surface area contributed by atoms with Crippen LogP contribution in [0.2, 0.25) is 5.28 Å². The number of hydrogen-bond donors (Lipinski definition) is 1. The normalized spacial score (nSPS) is 17.5. The molecule has 7 heteroatoms. The second-order valence-electron chi connectivity index (χ2n) is 3.22. The second-order valence-corrected chi connectivity index (χ2v) is 4.78. The van der Waals surface area contributed by atoms with Crippen LogP contribution in [0.25, 0.3) is 0 Å². The number of nitrogen functional groups attached to an aromatic ring is 1. The molecule has 1 fully saturated rings. The summed E-state index contributed by atoms with van der Waals surface area (Å²) in [6.07, 6.45) is 1.13. The van der Waals surface area contributed by atoms with Crippen molar-refractivity contribution < 1.29 is 0 Å². The highest BCUT2D eigenvalue weighted by Crippen LogP contribution is 2.16. The number of rotatable bonds is 1. The molecule has 1 aromatic rings. The molecule has 15 heavy (non-hydrogen) atoms. The molecular formula is C8H12ClN5S. The van der Waals surface area contributed by atoms with Gasteiger partial charge in [-0.2, -0.15) is 26.7 Å². The van der Waals surface area contributed by atoms with Crippen molar-refractivity contribution in [1.29, 1.82) is 0 Å². The average molecular weight is 246 g/mol. The molecule has 0 radical (unpaired) electrons. The lowest BCUT2D eigenvalue weighted by Gasteiger charge is -2.19. The Labute approximate surface area is 97.4 Å². The van der Waals surface area contributed by atoms with Gasteiger partial charge >= 0.3 is 0 Å². The summed E-state index contributed by atoms with van der Waals surface area (Å²) >= 11 is 7.68. The number of nitrogens with two attached hydrogens (primary N) is 1. The highest BCUT2D eigenvalue weighted by atomic mass is 35.5. The Balaban J connectivity index is 2.19. The monoisotopic (exact) mass is 245 g/mol. The lowest BCUT2D eigenvalue weighted by Crippen LogP contribution is -2.28. The molecule has 2 N–H and O–H groups in total. The fourth-order valence-electron chi connectivity index (χ4n) is 1.44. The van der Waals surface area contributed by atoms with Crippen molar-refractivity contribution in [3.63, 3.8) is 0 Å². The summed E-state index contributed by atoms with van der Waals surface area (Å²) < 4.78 is 0. The molecule has 1 aromatic heterocycles. The van der Waals surface area contributed by atoms with Gasteiger partial charge in [-0.15, -0.1) is 0 Å². The molecule has 2 rings (SSSR count). The summed E-state index contributed by atoms with van der Waals surface area (Å²) in [5.74, 6) is 3.05. The first-order valence-corrected chi connectivity index (χ1v) is 6.29. The van der Waals surface area contributed by atoms with Crippen molar-refractivity contribution in [2.75, 3.05) is 35.2 Å². The van der Waals surface area contributed by atoms with Crippen molar-refractivity contribution in [2.24, 2.45) is 0 Å². The number of thioether (sulfide) groups is 1. The number of halogens is 1. The smallest absolute Gasteiger partial charge is 0.231 e. The lowest BCUT2D eigenvalue weighted by molar-refractivity contribution is 0.778. The van der Waals surface area contributed by atoms with E-state index in [4.69, 9.17) is 17.3 Å². The van der Waals surface area contributed by atoms with E-state index in [9.17, 15) is 0 Å². The molecular weight excluding hydrogens is 234 g/mol. The summed E-state index contributed by atoms with van der Waals surface area (Å²) in [5.41, 5.74) is 5.53. The van der Waals surface area contributed by atoms with Gasteiger partial charge < -0.3 is 10.6 Å². The molecule has 0 aliphatic carbocycles. The van der Waals surface area contributed by atoms with E-state index < -0.39 is 0 Å². The van der Waals surface area contributed by atoms with Crippen LogP contribution in [0.1, 0.15) is 6.42 Å². The molecule has 0 atom stereocenters. The van der Waals surface area contributed by atoms with Gasteiger partial charge in [-0.25, -0.2) is 0 Å². The zero-order valence-electron chi connectivity index (χ0n) is 8.19. The van der Waals surface area contributed by atoms with Gasteiger partial charge in [0.25, 0.3) is 0 Å². The molecule has 1 aliphatic heterocycles. The molecule has 0 spiro atoms. The van der Waals surface area contributed by atoms with E-state index in [-0.39, 0.29) is 11.2 Å². The van der Waals surface area contributed by atoms with Crippen LogP contribution in [0, 0.1) is 0 Å². The van der Waals surface area contributed by atoms with Crippen LogP contribution >= 0.6 is 23.4 Å². The number of nitrogens with zero attached hydrogens (tertiary/aromatic N) is 4. The second kappa shape index (κ2) is 4.85. The summed E-state index contributed by atoms with van der Waals surface area (Å²) in [7, 11) is 0. The van der Waals surface area contributed by atoms with Gasteiger partial charge in [0, 0.05) is 18.8 Å². The molecule has 1 aliphatic rings. The van der Waals surface area contributed by atoms with Crippen molar-refractivity contribution in [1.82, 2.24) is 15.0 Å². The van der Waals surface area contributed by atoms with Gasteiger partial charge in [0.05, 0.1) is 0 Å². The number of anilines is 2. The lowest BCUT2D eigenvalue weighted by atomic mass is 10.4. The minimum Gasteiger partial charge on any atom is -0.368 e. The topological polar surface area (TPSA) is 67.9 Å². The van der Waals surface area contributed by atoms with Gasteiger partial charge in [0.2, 0.25) is 17.2 Å². The Morgan fingerprint density at radius 1 is 1.20 bits per heavy atom. The molecule has 0 unspecified atom stereocenters. The summed E-state index contributed by atoms with van der Waals surface area (Å²) in [5, 5.41) is 0.161. The van der Waals surface area contributed by atoms with Gasteiger partial charge in [0.1, 0.15) is 0 Å². The van der Waals surface area contributed by atoms with Crippen molar-refractivity contribution in [3.05, 3.63) is 5.28 Å². The zero-order valence-corrected chi connectivity index (χ0v) is 9.76. The Morgan fingerprint density at radius 2 is 2.07 bits per heavy atom. The largest absolute Gasteiger partial charge is 0.368 e. The van der Waals surface area contributed by atoms with E-state index in [1.807, 2.05) is 11.8 Å². The van der Waals surface area contributed by atoms with Gasteiger partial charge in [0.15, 0.2) is 0 Å². The molecule has 0 amide bonds. The molecule has 0 aromatic carbocycles. The van der Waals surface area contributed by atoms with Crippen LogP contribution in [0.5, 0.6) is 0 Å². The average Bonchev–Trinajstić information content (AvgIpc) is 2.43. The van der Waals surface area contributed by atoms with Crippen LogP contribution in [-0.2, 0) is 0 Å². The molecule has 82 valence electrons. The maximum absolute atomic E-state index is 5.74. The van der Waals surface area contributed by atoms with E-state index in [1.165, 1.54) is 5.75 Å². The minimum absolute atomic E-state index is 0.161. The highest BCUT2D eigenvalue weighted by molar-refractivity contribution is 7.99. The van der Waals surface area contributed by atoms with E-state index in [0.29, 0.717) is 5.95 Å². The SMILES string of the molecule is Nc1nc(Cl)nc(N2CCCSCC2)n1. The minimum atomic E-state index is 0.161. The van der Waals surface area contributed by atoms with Crippen LogP contribution in [0.15, 0.2) is 0 Å². The first-order valence-electron chi connectivity index (χ1n) is 4.75. The Bertz CT molecular complexity index is 320. The first kappa shape index (κ1) is 10.8. The third kappa shape index (κ3) is 2.85. The van der Waals surface area contributed by atoms with Crippen LogP contribution in [-0.4, -0.2) is 39.5 Å². The quantitative estimate of drug-likeness (QED) is 0.798. The van der Waals surface area contributed by atoms with Gasteiger partial charge in [-0.1, -0.05) is 0 Å². The molecule has 0 saturated carbocycles. The third-order valence-corrected chi connectivity index (χ3v) is 3.34. The third-order valence-electron chi connectivity index (χ3n) is 2.12. The zero-order chi connectivity index (χ0) is 10.7. The summed E-state index contributed by atoms with van der Waals surface area (Å²) in [6, 6.07) is 0. The standard InChI is InChI=1S/C8H12ClN5S/c9-6-11-7(10)13-8(12-6)14-2-1-4-15-5-3-14/h1-5H2,(H2,10,11,12,13). The van der Waals surface area contributed by atoms with E-state index in [0.717, 1.165) is 25.3 Å². The van der Waals surface area contributed by atoms with E-state index >= 15 is 0 Å². The van der Waals surface area contributed by atoms with Crippen LogP contribution < -0.4 is 10.6 Å². The maximum Gasteiger partial charge on any atom is 0.231 e.